The molecule has 0 aliphatic heterocycles. The first-order chi connectivity index (χ1) is 11.8. The van der Waals surface area contributed by atoms with E-state index >= 15 is 0 Å². The van der Waals surface area contributed by atoms with E-state index in [-0.39, 0.29) is 22.9 Å². The topological polar surface area (TPSA) is 125 Å². The van der Waals surface area contributed by atoms with E-state index in [0.29, 0.717) is 12.7 Å². The molecule has 0 fully saturated rings. The van der Waals surface area contributed by atoms with Crippen LogP contribution in [0.15, 0.2) is 18.2 Å². The van der Waals surface area contributed by atoms with Gasteiger partial charge in [0.05, 0.1) is 17.6 Å². The molecule has 1 rings (SSSR count). The van der Waals surface area contributed by atoms with Crippen molar-refractivity contribution in [2.75, 3.05) is 13.7 Å². The smallest absolute Gasteiger partial charge is 0.328 e. The molecule has 25 heavy (non-hydrogen) atoms. The predicted octanol–water partition coefficient (Wildman–Crippen LogP) is 1.49. The lowest BCUT2D eigenvalue weighted by atomic mass is 9.99. The second kappa shape index (κ2) is 9.36. The molecule has 9 heteroatoms. The van der Waals surface area contributed by atoms with Crippen LogP contribution in [0.2, 0.25) is 0 Å². The van der Waals surface area contributed by atoms with Crippen molar-refractivity contribution >= 4 is 23.9 Å². The third kappa shape index (κ3) is 5.55. The normalized spacial score (nSPS) is 12.6. The number of aldehydes is 1. The molecule has 0 aromatic heterocycles. The van der Waals surface area contributed by atoms with Crippen molar-refractivity contribution in [3.63, 3.8) is 0 Å². The number of benzene rings is 1. The molecule has 0 unspecified atom stereocenters. The molecule has 0 saturated heterocycles. The molecule has 1 aromatic rings. The molecule has 0 heterocycles. The van der Waals surface area contributed by atoms with Gasteiger partial charge in [0.2, 0.25) is 0 Å². The van der Waals surface area contributed by atoms with E-state index in [1.807, 2.05) is 6.92 Å². The van der Waals surface area contributed by atoms with Gasteiger partial charge in [0.15, 0.2) is 12.9 Å². The van der Waals surface area contributed by atoms with Gasteiger partial charge in [-0.1, -0.05) is 20.3 Å². The molecular formula is C16H20N2O7. The number of carbonyl (C=O) groups is 3. The molecule has 1 amide bonds. The Morgan fingerprint density at radius 2 is 2.08 bits per heavy atom. The number of carbonyl (C=O) groups excluding carboxylic acids is 3. The lowest BCUT2D eigenvalue weighted by Crippen LogP contribution is -2.47. The maximum atomic E-state index is 12.0. The van der Waals surface area contributed by atoms with E-state index in [9.17, 15) is 24.5 Å². The Kier molecular flexibility index (Phi) is 7.51. The summed E-state index contributed by atoms with van der Waals surface area (Å²) in [6.45, 7) is 3.21. The molecular weight excluding hydrogens is 332 g/mol. The van der Waals surface area contributed by atoms with Gasteiger partial charge in [-0.3, -0.25) is 19.7 Å². The minimum absolute atomic E-state index is 0.0360. The van der Waals surface area contributed by atoms with Gasteiger partial charge in [-0.15, -0.1) is 0 Å². The molecule has 0 bridgehead atoms. The monoisotopic (exact) mass is 352 g/mol. The Morgan fingerprint density at radius 3 is 2.60 bits per heavy atom. The van der Waals surface area contributed by atoms with Crippen molar-refractivity contribution in [2.45, 2.75) is 26.3 Å². The lowest BCUT2D eigenvalue weighted by Gasteiger charge is -2.21. The van der Waals surface area contributed by atoms with Crippen molar-refractivity contribution in [1.82, 2.24) is 5.32 Å². The van der Waals surface area contributed by atoms with Crippen molar-refractivity contribution < 1.29 is 28.8 Å². The van der Waals surface area contributed by atoms with E-state index in [1.54, 1.807) is 6.92 Å². The largest absolute Gasteiger partial charge is 0.483 e. The van der Waals surface area contributed by atoms with Gasteiger partial charge in [-0.05, 0) is 12.0 Å². The van der Waals surface area contributed by atoms with Crippen molar-refractivity contribution in [3.05, 3.63) is 33.9 Å². The number of nitrogens with zero attached hydrogens (tertiary/aromatic N) is 1. The second-order valence-corrected chi connectivity index (χ2v) is 5.34. The highest BCUT2D eigenvalue weighted by Crippen LogP contribution is 2.22. The average Bonchev–Trinajstić information content (AvgIpc) is 2.62. The van der Waals surface area contributed by atoms with Crippen LogP contribution >= 0.6 is 0 Å². The summed E-state index contributed by atoms with van der Waals surface area (Å²) < 4.78 is 9.90. The fourth-order valence-electron chi connectivity index (χ4n) is 2.03. The van der Waals surface area contributed by atoms with E-state index < -0.39 is 29.4 Å². The number of nitro benzene ring substituents is 1. The summed E-state index contributed by atoms with van der Waals surface area (Å²) in [4.78, 5) is 44.8. The predicted molar refractivity (Wildman–Crippen MR) is 87.4 cm³/mol. The van der Waals surface area contributed by atoms with Gasteiger partial charge >= 0.3 is 5.97 Å². The van der Waals surface area contributed by atoms with Gasteiger partial charge in [-0.2, -0.15) is 0 Å². The molecule has 0 spiro atoms. The minimum atomic E-state index is -0.812. The summed E-state index contributed by atoms with van der Waals surface area (Å²) in [5.74, 6) is -1.24. The number of nitrogens with one attached hydrogen (secondary N) is 1. The fourth-order valence-corrected chi connectivity index (χ4v) is 2.03. The Balaban J connectivity index is 2.77. The van der Waals surface area contributed by atoms with Gasteiger partial charge in [0.1, 0.15) is 11.8 Å². The van der Waals surface area contributed by atoms with Crippen LogP contribution < -0.4 is 10.1 Å². The van der Waals surface area contributed by atoms with Crippen molar-refractivity contribution in [1.29, 1.82) is 0 Å². The quantitative estimate of drug-likeness (QED) is 0.309. The third-order valence-electron chi connectivity index (χ3n) is 3.67. The van der Waals surface area contributed by atoms with Crippen molar-refractivity contribution in [2.24, 2.45) is 5.92 Å². The number of methoxy groups -OCH3 is 1. The molecule has 136 valence electrons. The zero-order valence-electron chi connectivity index (χ0n) is 14.2. The lowest BCUT2D eigenvalue weighted by molar-refractivity contribution is -0.384. The molecule has 0 aliphatic carbocycles. The maximum Gasteiger partial charge on any atom is 0.328 e. The first-order valence-electron chi connectivity index (χ1n) is 7.57. The van der Waals surface area contributed by atoms with E-state index in [0.717, 1.165) is 12.1 Å². The Labute approximate surface area is 144 Å². The van der Waals surface area contributed by atoms with Crippen LogP contribution in [0.3, 0.4) is 0 Å². The van der Waals surface area contributed by atoms with Gasteiger partial charge in [0, 0.05) is 12.1 Å². The fraction of sp³-hybridized carbons (Fsp3) is 0.438. The average molecular weight is 352 g/mol. The number of rotatable bonds is 9. The molecule has 0 aliphatic rings. The van der Waals surface area contributed by atoms with Crippen LogP contribution in [0.5, 0.6) is 5.75 Å². The molecule has 1 aromatic carbocycles. The Morgan fingerprint density at radius 1 is 1.40 bits per heavy atom. The maximum absolute atomic E-state index is 12.0. The summed E-state index contributed by atoms with van der Waals surface area (Å²) >= 11 is 0. The second-order valence-electron chi connectivity index (χ2n) is 5.34. The first-order valence-corrected chi connectivity index (χ1v) is 7.57. The van der Waals surface area contributed by atoms with Crippen LogP contribution in [-0.4, -0.2) is 42.8 Å². The number of nitro groups is 1. The summed E-state index contributed by atoms with van der Waals surface area (Å²) in [6.07, 6.45) is 1.05. The van der Waals surface area contributed by atoms with Crippen molar-refractivity contribution in [3.8, 4) is 5.75 Å². The highest BCUT2D eigenvalue weighted by atomic mass is 16.6. The molecule has 0 saturated carbocycles. The SMILES string of the molecule is CC[C@@H](C)[C@H](NC(=O)COc1ccc([N+](=O)[O-])cc1C=O)C(=O)OC. The zero-order valence-corrected chi connectivity index (χ0v) is 14.2. The summed E-state index contributed by atoms with van der Waals surface area (Å²) in [5.41, 5.74) is -0.310. The summed E-state index contributed by atoms with van der Waals surface area (Å²) in [6, 6.07) is 2.64. The highest BCUT2D eigenvalue weighted by Gasteiger charge is 2.26. The van der Waals surface area contributed by atoms with Gasteiger partial charge in [0.25, 0.3) is 11.6 Å². The van der Waals surface area contributed by atoms with Gasteiger partial charge < -0.3 is 14.8 Å². The van der Waals surface area contributed by atoms with Crippen LogP contribution in [-0.2, 0) is 14.3 Å². The molecule has 9 nitrogen and oxygen atoms in total. The standard InChI is InChI=1S/C16H20N2O7/c1-4-10(2)15(16(21)24-3)17-14(20)9-25-13-6-5-12(18(22)23)7-11(13)8-19/h5-8,10,15H,4,9H2,1-3H3,(H,17,20)/t10-,15+/m1/s1. The molecule has 2 atom stereocenters. The minimum Gasteiger partial charge on any atom is -0.483 e. The number of hydrogen-bond acceptors (Lipinski definition) is 7. The number of esters is 1. The highest BCUT2D eigenvalue weighted by molar-refractivity contribution is 5.86. The Hall–Kier alpha value is -2.97. The molecule has 0 radical (unpaired) electrons. The molecule has 1 N–H and O–H groups in total. The van der Waals surface area contributed by atoms with Crippen LogP contribution in [0.25, 0.3) is 0 Å². The number of non-ortho nitro benzene ring substituents is 1. The van der Waals surface area contributed by atoms with E-state index in [4.69, 9.17) is 4.74 Å². The third-order valence-corrected chi connectivity index (χ3v) is 3.67. The Bertz CT molecular complexity index is 660. The number of hydrogen-bond donors (Lipinski definition) is 1. The van der Waals surface area contributed by atoms with E-state index in [2.05, 4.69) is 10.1 Å². The van der Waals surface area contributed by atoms with Crippen LogP contribution in [0.4, 0.5) is 5.69 Å². The summed E-state index contributed by atoms with van der Waals surface area (Å²) in [7, 11) is 1.23. The van der Waals surface area contributed by atoms with Crippen LogP contribution in [0.1, 0.15) is 30.6 Å². The van der Waals surface area contributed by atoms with Gasteiger partial charge in [-0.25, -0.2) is 4.79 Å². The summed E-state index contributed by atoms with van der Waals surface area (Å²) in [5, 5.41) is 13.2. The number of amides is 1. The van der Waals surface area contributed by atoms with Crippen LogP contribution in [0, 0.1) is 16.0 Å². The van der Waals surface area contributed by atoms with E-state index in [1.165, 1.54) is 13.2 Å². The first kappa shape index (κ1) is 20.1. The zero-order chi connectivity index (χ0) is 19.0. The number of ether oxygens (including phenoxy) is 2.